The van der Waals surface area contributed by atoms with Crippen LogP contribution in [-0.2, 0) is 5.41 Å². The van der Waals surface area contributed by atoms with Gasteiger partial charge in [0.15, 0.2) is 0 Å². The second-order valence-corrected chi connectivity index (χ2v) is 20.4. The van der Waals surface area contributed by atoms with Gasteiger partial charge in [-0.15, -0.1) is 0 Å². The molecule has 14 aromatic carbocycles. The van der Waals surface area contributed by atoms with E-state index in [-0.39, 0.29) is 5.41 Å². The molecule has 342 valence electrons. The predicted molar refractivity (Wildman–Crippen MR) is 313 cm³/mol. The number of rotatable bonds is 6. The molecular weight excluding hydrogens is 881 g/mol. The van der Waals surface area contributed by atoms with Crippen LogP contribution in [0.1, 0.15) is 25.0 Å². The molecule has 0 aliphatic heterocycles. The molecule has 0 atom stereocenters. The molecule has 0 N–H and O–H groups in total. The van der Waals surface area contributed by atoms with Crippen molar-refractivity contribution >= 4 is 120 Å². The van der Waals surface area contributed by atoms with E-state index in [2.05, 4.69) is 278 Å². The molecule has 0 heterocycles. The maximum Gasteiger partial charge on any atom is 0.0546 e. The summed E-state index contributed by atoms with van der Waals surface area (Å²) in [7, 11) is 0. The predicted octanol–water partition coefficient (Wildman–Crippen LogP) is 20.2. The van der Waals surface area contributed by atoms with Crippen LogP contribution in [0.2, 0.25) is 0 Å². The van der Waals surface area contributed by atoms with Crippen molar-refractivity contribution in [3.05, 3.63) is 266 Å². The Hall–Kier alpha value is -9.24. The zero-order valence-corrected chi connectivity index (χ0v) is 40.6. The van der Waals surface area contributed by atoms with Crippen molar-refractivity contribution in [2.45, 2.75) is 19.3 Å². The monoisotopic (exact) mass is 928 g/mol. The Labute approximate surface area is 424 Å². The van der Waals surface area contributed by atoms with Gasteiger partial charge >= 0.3 is 0 Å². The Bertz CT molecular complexity index is 4090. The first-order valence-electron chi connectivity index (χ1n) is 25.5. The number of anilines is 6. The summed E-state index contributed by atoms with van der Waals surface area (Å²) in [5.74, 6) is 0. The van der Waals surface area contributed by atoms with Gasteiger partial charge in [-0.25, -0.2) is 0 Å². The zero-order valence-electron chi connectivity index (χ0n) is 40.6. The van der Waals surface area contributed by atoms with Crippen LogP contribution in [0.4, 0.5) is 34.1 Å². The van der Waals surface area contributed by atoms with Gasteiger partial charge in [0.25, 0.3) is 0 Å². The van der Waals surface area contributed by atoms with Crippen molar-refractivity contribution < 1.29 is 0 Å². The van der Waals surface area contributed by atoms with Gasteiger partial charge < -0.3 is 9.80 Å². The van der Waals surface area contributed by atoms with Gasteiger partial charge in [0.05, 0.1) is 22.7 Å². The molecule has 1 aliphatic rings. The van der Waals surface area contributed by atoms with Crippen LogP contribution < -0.4 is 9.80 Å². The number of hydrogen-bond donors (Lipinski definition) is 0. The first-order chi connectivity index (χ1) is 36.0. The number of benzene rings is 14. The Kier molecular flexibility index (Phi) is 9.04. The third-order valence-corrected chi connectivity index (χ3v) is 16.1. The first-order valence-corrected chi connectivity index (χ1v) is 25.5. The summed E-state index contributed by atoms with van der Waals surface area (Å²) in [5.41, 5.74) is 11.7. The fourth-order valence-electron chi connectivity index (χ4n) is 12.7. The first kappa shape index (κ1) is 41.5. The van der Waals surface area contributed by atoms with Gasteiger partial charge in [-0.2, -0.15) is 0 Å². The van der Waals surface area contributed by atoms with E-state index in [1.54, 1.807) is 0 Å². The van der Waals surface area contributed by atoms with Crippen LogP contribution in [0.15, 0.2) is 255 Å². The summed E-state index contributed by atoms with van der Waals surface area (Å²) < 4.78 is 0. The summed E-state index contributed by atoms with van der Waals surface area (Å²) in [4.78, 5) is 5.09. The minimum atomic E-state index is -0.345. The number of fused-ring (bicyclic) bond motifs is 15. The maximum absolute atomic E-state index is 2.55. The highest BCUT2D eigenvalue weighted by Crippen LogP contribution is 2.55. The van der Waals surface area contributed by atoms with Gasteiger partial charge in [-0.05, 0) is 135 Å². The van der Waals surface area contributed by atoms with Crippen LogP contribution >= 0.6 is 0 Å². The molecule has 0 saturated heterocycles. The third kappa shape index (κ3) is 6.24. The van der Waals surface area contributed by atoms with Crippen molar-refractivity contribution in [2.24, 2.45) is 0 Å². The Balaban J connectivity index is 0.960. The lowest BCUT2D eigenvalue weighted by Gasteiger charge is -2.31. The van der Waals surface area contributed by atoms with Crippen molar-refractivity contribution in [3.8, 4) is 11.1 Å². The summed E-state index contributed by atoms with van der Waals surface area (Å²) in [5, 5.41) is 19.8. The molecule has 0 radical (unpaired) electrons. The van der Waals surface area contributed by atoms with Gasteiger partial charge in [-0.1, -0.05) is 220 Å². The molecule has 0 saturated carbocycles. The largest absolute Gasteiger partial charge is 0.309 e. The van der Waals surface area contributed by atoms with Crippen LogP contribution in [0.5, 0.6) is 0 Å². The van der Waals surface area contributed by atoms with E-state index in [0.29, 0.717) is 0 Å². The molecule has 15 rings (SSSR count). The van der Waals surface area contributed by atoms with Crippen molar-refractivity contribution in [1.29, 1.82) is 0 Å². The normalized spacial score (nSPS) is 12.9. The lowest BCUT2D eigenvalue weighted by Crippen LogP contribution is -2.18. The molecule has 1 aliphatic carbocycles. The van der Waals surface area contributed by atoms with E-state index < -0.39 is 0 Å². The van der Waals surface area contributed by atoms with E-state index in [1.165, 1.54) is 108 Å². The van der Waals surface area contributed by atoms with Gasteiger partial charge in [0, 0.05) is 38.3 Å². The fraction of sp³-hybridized carbons (Fsp3) is 0.0423. The van der Waals surface area contributed by atoms with Crippen molar-refractivity contribution in [2.75, 3.05) is 9.80 Å². The highest BCUT2D eigenvalue weighted by molar-refractivity contribution is 6.21. The second kappa shape index (κ2) is 15.9. The average Bonchev–Trinajstić information content (AvgIpc) is 3.67. The zero-order chi connectivity index (χ0) is 48.4. The SMILES string of the molecule is CC1(C)c2cc(N(c3cc4ccccc4c4ccccc34)c3cc4ccccc4c4ccccc34)ccc2-c2ccc(N(c3cc4ccccc4c4ccccc34)c3cc4ccccc4c4ccccc34)cc21. The molecular formula is C71H48N2. The van der Waals surface area contributed by atoms with E-state index in [9.17, 15) is 0 Å². The summed E-state index contributed by atoms with van der Waals surface area (Å²) in [6.07, 6.45) is 0. The van der Waals surface area contributed by atoms with Gasteiger partial charge in [0.2, 0.25) is 0 Å². The lowest BCUT2D eigenvalue weighted by atomic mass is 9.82. The molecule has 14 aromatic rings. The van der Waals surface area contributed by atoms with Crippen molar-refractivity contribution in [3.63, 3.8) is 0 Å². The second-order valence-electron chi connectivity index (χ2n) is 20.4. The van der Waals surface area contributed by atoms with Gasteiger partial charge in [-0.3, -0.25) is 0 Å². The summed E-state index contributed by atoms with van der Waals surface area (Å²) in [6, 6.07) is 95.1. The molecule has 2 heteroatoms. The van der Waals surface area contributed by atoms with E-state index in [4.69, 9.17) is 0 Å². The molecule has 2 nitrogen and oxygen atoms in total. The topological polar surface area (TPSA) is 6.48 Å². The van der Waals surface area contributed by atoms with Crippen molar-refractivity contribution in [1.82, 2.24) is 0 Å². The molecule has 0 unspecified atom stereocenters. The van der Waals surface area contributed by atoms with E-state index in [1.807, 2.05) is 0 Å². The van der Waals surface area contributed by atoms with Crippen LogP contribution in [0.25, 0.3) is 97.3 Å². The van der Waals surface area contributed by atoms with E-state index in [0.717, 1.165) is 34.1 Å². The van der Waals surface area contributed by atoms with E-state index >= 15 is 0 Å². The Morgan fingerprint density at radius 2 is 0.466 bits per heavy atom. The number of nitrogens with zero attached hydrogens (tertiary/aromatic N) is 2. The lowest BCUT2D eigenvalue weighted by molar-refractivity contribution is 0.660. The Morgan fingerprint density at radius 1 is 0.233 bits per heavy atom. The highest BCUT2D eigenvalue weighted by Gasteiger charge is 2.37. The summed E-state index contributed by atoms with van der Waals surface area (Å²) in [6.45, 7) is 4.85. The van der Waals surface area contributed by atoms with Crippen LogP contribution in [0.3, 0.4) is 0 Å². The Morgan fingerprint density at radius 3 is 0.740 bits per heavy atom. The highest BCUT2D eigenvalue weighted by atomic mass is 15.2. The number of hydrogen-bond acceptors (Lipinski definition) is 2. The minimum absolute atomic E-state index is 0.345. The average molecular weight is 929 g/mol. The van der Waals surface area contributed by atoms with Gasteiger partial charge in [0.1, 0.15) is 0 Å². The quantitative estimate of drug-likeness (QED) is 0.153. The molecule has 73 heavy (non-hydrogen) atoms. The third-order valence-electron chi connectivity index (χ3n) is 16.1. The maximum atomic E-state index is 2.55. The molecule has 0 amide bonds. The fourth-order valence-corrected chi connectivity index (χ4v) is 12.7. The smallest absolute Gasteiger partial charge is 0.0546 e. The molecule has 0 fully saturated rings. The standard InChI is InChI=1S/C71H48N2/c1-71(2)65-43-49(72(67-39-45-19-3-7-23-51(45)55-27-11-15-31-61(55)67)68-40-46-20-4-8-24-52(46)56-28-12-16-32-62(56)68)35-37-59(65)60-38-36-50(44-66(60)71)73(69-41-47-21-5-9-25-53(47)57-29-13-17-33-63(57)69)70-42-48-22-6-10-26-54(48)58-30-14-18-34-64(58)70/h3-44H,1-2H3. The molecule has 0 spiro atoms. The molecule has 0 aromatic heterocycles. The molecule has 0 bridgehead atoms. The van der Waals surface area contributed by atoms with Crippen LogP contribution in [-0.4, -0.2) is 0 Å². The van der Waals surface area contributed by atoms with Crippen LogP contribution in [0, 0.1) is 0 Å². The minimum Gasteiger partial charge on any atom is -0.309 e. The summed E-state index contributed by atoms with van der Waals surface area (Å²) >= 11 is 0.